The first kappa shape index (κ1) is 23.6. The van der Waals surface area contributed by atoms with Crippen molar-refractivity contribution in [1.82, 2.24) is 15.5 Å². The Labute approximate surface area is 189 Å². The molecule has 6 nitrogen and oxygen atoms in total. The van der Waals surface area contributed by atoms with Gasteiger partial charge in [0.1, 0.15) is 17.5 Å². The largest absolute Gasteiger partial charge is 0.354 e. The fourth-order valence-electron chi connectivity index (χ4n) is 4.37. The predicted molar refractivity (Wildman–Crippen MR) is 125 cm³/mol. The molecule has 2 heterocycles. The number of carbonyl (C=O) groups is 3. The van der Waals surface area contributed by atoms with Crippen LogP contribution in [0.5, 0.6) is 0 Å². The van der Waals surface area contributed by atoms with Gasteiger partial charge in [0, 0.05) is 16.9 Å². The first-order valence-corrected chi connectivity index (χ1v) is 12.1. The smallest absolute Gasteiger partial charge is 0.256 e. The van der Waals surface area contributed by atoms with Crippen molar-refractivity contribution in [3.8, 4) is 0 Å². The van der Waals surface area contributed by atoms with Gasteiger partial charge in [-0.3, -0.25) is 14.4 Å². The maximum Gasteiger partial charge on any atom is 0.256 e. The summed E-state index contributed by atoms with van der Waals surface area (Å²) < 4.78 is -0.464. The predicted octanol–water partition coefficient (Wildman–Crippen LogP) is 3.73. The summed E-state index contributed by atoms with van der Waals surface area (Å²) in [6.45, 7) is 12.9. The number of hydrogen-bond acceptors (Lipinski definition) is 4. The molecule has 2 N–H and O–H groups in total. The van der Waals surface area contributed by atoms with Crippen LogP contribution >= 0.6 is 11.8 Å². The Hall–Kier alpha value is -2.02. The Balaban J connectivity index is 1.78. The van der Waals surface area contributed by atoms with E-state index in [1.54, 1.807) is 16.7 Å². The molecule has 0 saturated carbocycles. The molecular weight excluding hydrogens is 410 g/mol. The van der Waals surface area contributed by atoms with Crippen LogP contribution in [0.4, 0.5) is 0 Å². The van der Waals surface area contributed by atoms with Gasteiger partial charge in [-0.05, 0) is 50.2 Å². The number of fused-ring (bicyclic) bond motifs is 3. The third-order valence-corrected chi connectivity index (χ3v) is 7.44. The maximum absolute atomic E-state index is 13.5. The lowest BCUT2D eigenvalue weighted by atomic mass is 9.98. The zero-order chi connectivity index (χ0) is 22.9. The first-order valence-electron chi connectivity index (χ1n) is 11.2. The maximum atomic E-state index is 13.5. The van der Waals surface area contributed by atoms with Gasteiger partial charge in [-0.25, -0.2) is 0 Å². The molecule has 0 aromatic heterocycles. The SMILES string of the molecule is CC(C)CCNC(=O)C(CC(C)C)NC(=O)C1N2C(=O)c3ccccc3C2SC1(C)C. The molecule has 170 valence electrons. The highest BCUT2D eigenvalue weighted by molar-refractivity contribution is 8.01. The normalized spacial score (nSPS) is 22.5. The highest BCUT2D eigenvalue weighted by Gasteiger charge is 2.57. The monoisotopic (exact) mass is 445 g/mol. The van der Waals surface area contributed by atoms with E-state index in [1.807, 2.05) is 52.0 Å². The summed E-state index contributed by atoms with van der Waals surface area (Å²) >= 11 is 1.63. The van der Waals surface area contributed by atoms with E-state index in [-0.39, 0.29) is 29.0 Å². The molecule has 3 atom stereocenters. The molecule has 3 amide bonds. The molecule has 2 aliphatic heterocycles. The molecule has 0 aliphatic carbocycles. The van der Waals surface area contributed by atoms with Crippen LogP contribution in [0.1, 0.15) is 75.7 Å². The quantitative estimate of drug-likeness (QED) is 0.639. The highest BCUT2D eigenvalue weighted by Crippen LogP contribution is 2.56. The molecule has 31 heavy (non-hydrogen) atoms. The summed E-state index contributed by atoms with van der Waals surface area (Å²) in [6.07, 6.45) is 1.44. The van der Waals surface area contributed by atoms with E-state index in [1.165, 1.54) is 0 Å². The zero-order valence-corrected chi connectivity index (χ0v) is 20.2. The lowest BCUT2D eigenvalue weighted by molar-refractivity contribution is -0.132. The van der Waals surface area contributed by atoms with E-state index in [4.69, 9.17) is 0 Å². The van der Waals surface area contributed by atoms with Gasteiger partial charge in [0.15, 0.2) is 0 Å². The molecule has 2 aliphatic rings. The topological polar surface area (TPSA) is 78.5 Å². The fourth-order valence-corrected chi connectivity index (χ4v) is 5.95. The first-order chi connectivity index (χ1) is 14.5. The Morgan fingerprint density at radius 1 is 1.13 bits per heavy atom. The second-order valence-electron chi connectivity index (χ2n) is 9.94. The molecule has 1 aromatic rings. The Kier molecular flexibility index (Phi) is 7.04. The van der Waals surface area contributed by atoms with Crippen molar-refractivity contribution >= 4 is 29.5 Å². The molecule has 0 radical (unpaired) electrons. The average Bonchev–Trinajstić information content (AvgIpc) is 3.10. The lowest BCUT2D eigenvalue weighted by Gasteiger charge is -2.31. The molecule has 3 rings (SSSR count). The van der Waals surface area contributed by atoms with Crippen LogP contribution < -0.4 is 10.6 Å². The highest BCUT2D eigenvalue weighted by atomic mass is 32.2. The van der Waals surface area contributed by atoms with Gasteiger partial charge in [-0.1, -0.05) is 45.9 Å². The molecule has 7 heteroatoms. The van der Waals surface area contributed by atoms with Gasteiger partial charge in [0.25, 0.3) is 5.91 Å². The molecule has 3 unspecified atom stereocenters. The minimum Gasteiger partial charge on any atom is -0.354 e. The van der Waals surface area contributed by atoms with Crippen molar-refractivity contribution in [2.24, 2.45) is 11.8 Å². The van der Waals surface area contributed by atoms with Crippen molar-refractivity contribution in [2.75, 3.05) is 6.54 Å². The van der Waals surface area contributed by atoms with E-state index in [0.29, 0.717) is 24.4 Å². The van der Waals surface area contributed by atoms with E-state index in [9.17, 15) is 14.4 Å². The third-order valence-electron chi connectivity index (χ3n) is 5.91. The summed E-state index contributed by atoms with van der Waals surface area (Å²) in [6, 6.07) is 6.31. The summed E-state index contributed by atoms with van der Waals surface area (Å²) in [5.74, 6) is 0.220. The van der Waals surface area contributed by atoms with Crippen LogP contribution in [-0.2, 0) is 9.59 Å². The molecule has 1 fully saturated rings. The number of rotatable bonds is 8. The number of thioether (sulfide) groups is 1. The zero-order valence-electron chi connectivity index (χ0n) is 19.4. The average molecular weight is 446 g/mol. The minimum atomic E-state index is -0.638. The van der Waals surface area contributed by atoms with E-state index >= 15 is 0 Å². The lowest BCUT2D eigenvalue weighted by Crippen LogP contribution is -2.57. The number of benzene rings is 1. The summed E-state index contributed by atoms with van der Waals surface area (Å²) in [5.41, 5.74) is 1.63. The second kappa shape index (κ2) is 9.23. The van der Waals surface area contributed by atoms with Crippen LogP contribution in [-0.4, -0.2) is 46.0 Å². The number of nitrogens with one attached hydrogen (secondary N) is 2. The van der Waals surface area contributed by atoms with Crippen molar-refractivity contribution in [1.29, 1.82) is 0 Å². The summed E-state index contributed by atoms with van der Waals surface area (Å²) in [5, 5.41) is 5.78. The van der Waals surface area contributed by atoms with Gasteiger partial charge < -0.3 is 15.5 Å². The molecule has 0 bridgehead atoms. The van der Waals surface area contributed by atoms with E-state index < -0.39 is 16.8 Å². The number of amides is 3. The van der Waals surface area contributed by atoms with Gasteiger partial charge in [0.05, 0.1) is 0 Å². The van der Waals surface area contributed by atoms with Crippen LogP contribution in [0.15, 0.2) is 24.3 Å². The summed E-state index contributed by atoms with van der Waals surface area (Å²) in [4.78, 5) is 41.2. The third kappa shape index (κ3) is 4.92. The molecule has 1 saturated heterocycles. The van der Waals surface area contributed by atoms with Gasteiger partial charge in [0.2, 0.25) is 11.8 Å². The van der Waals surface area contributed by atoms with Crippen LogP contribution in [0, 0.1) is 11.8 Å². The van der Waals surface area contributed by atoms with Crippen molar-refractivity contribution in [2.45, 2.75) is 76.6 Å². The van der Waals surface area contributed by atoms with Crippen molar-refractivity contribution < 1.29 is 14.4 Å². The Morgan fingerprint density at radius 3 is 2.45 bits per heavy atom. The fraction of sp³-hybridized carbons (Fsp3) is 0.625. The van der Waals surface area contributed by atoms with Gasteiger partial charge >= 0.3 is 0 Å². The second-order valence-corrected chi connectivity index (χ2v) is 11.7. The molecule has 1 aromatic carbocycles. The van der Waals surface area contributed by atoms with Crippen LogP contribution in [0.2, 0.25) is 0 Å². The minimum absolute atomic E-state index is 0.111. The van der Waals surface area contributed by atoms with Gasteiger partial charge in [-0.2, -0.15) is 0 Å². The van der Waals surface area contributed by atoms with Crippen LogP contribution in [0.25, 0.3) is 0 Å². The Morgan fingerprint density at radius 2 is 1.81 bits per heavy atom. The Bertz CT molecular complexity index is 852. The van der Waals surface area contributed by atoms with Crippen LogP contribution in [0.3, 0.4) is 0 Å². The van der Waals surface area contributed by atoms with Crippen molar-refractivity contribution in [3.05, 3.63) is 35.4 Å². The number of nitrogens with zero attached hydrogens (tertiary/aromatic N) is 1. The van der Waals surface area contributed by atoms with Crippen molar-refractivity contribution in [3.63, 3.8) is 0 Å². The molecule has 0 spiro atoms. The van der Waals surface area contributed by atoms with E-state index in [0.717, 1.165) is 12.0 Å². The number of hydrogen-bond donors (Lipinski definition) is 2. The molecular formula is C24H35N3O3S. The standard InChI is InChI=1S/C24H35N3O3S/c1-14(2)11-12-25-20(28)18(13-15(3)4)26-21(29)19-24(5,6)31-23-17-10-8-7-9-16(17)22(30)27(19)23/h7-10,14-15,18-19,23H,11-13H2,1-6H3,(H,25,28)(H,26,29). The summed E-state index contributed by atoms with van der Waals surface area (Å²) in [7, 11) is 0. The van der Waals surface area contributed by atoms with Gasteiger partial charge in [-0.15, -0.1) is 11.8 Å². The van der Waals surface area contributed by atoms with E-state index in [2.05, 4.69) is 24.5 Å². The number of carbonyl (C=O) groups excluding carboxylic acids is 3.